The fourth-order valence-corrected chi connectivity index (χ4v) is 5.83. The van der Waals surface area contributed by atoms with Crippen molar-refractivity contribution in [1.82, 2.24) is 4.98 Å². The number of aromatic amines is 1. The molecule has 1 aromatic rings. The van der Waals surface area contributed by atoms with E-state index in [0.29, 0.717) is 12.5 Å². The molecule has 1 heterocycles. The monoisotopic (exact) mass is 272 g/mol. The Morgan fingerprint density at radius 2 is 1.70 bits per heavy atom. The Bertz CT molecular complexity index is 472. The topological polar surface area (TPSA) is 41.8 Å². The van der Waals surface area contributed by atoms with Crippen LogP contribution in [0.2, 0.25) is 0 Å². The summed E-state index contributed by atoms with van der Waals surface area (Å²) >= 11 is 0. The Kier molecular flexibility index (Phi) is 2.99. The maximum Gasteiger partial charge on any atom is 0.0220 e. The Morgan fingerprint density at radius 1 is 1.10 bits per heavy atom. The summed E-state index contributed by atoms with van der Waals surface area (Å²) in [6, 6.07) is 2.41. The summed E-state index contributed by atoms with van der Waals surface area (Å²) in [5, 5.41) is 0. The molecule has 4 bridgehead atoms. The maximum absolute atomic E-state index is 5.96. The van der Waals surface area contributed by atoms with Crippen molar-refractivity contribution < 1.29 is 0 Å². The third-order valence-electron chi connectivity index (χ3n) is 6.34. The van der Waals surface area contributed by atoms with Gasteiger partial charge >= 0.3 is 0 Å². The minimum absolute atomic E-state index is 0.555. The molecule has 0 amide bonds. The third kappa shape index (κ3) is 1.88. The van der Waals surface area contributed by atoms with Crippen LogP contribution in [-0.4, -0.2) is 4.98 Å². The number of H-pyrrole nitrogens is 1. The van der Waals surface area contributed by atoms with Crippen LogP contribution in [0.15, 0.2) is 6.07 Å². The van der Waals surface area contributed by atoms with E-state index in [0.717, 1.165) is 29.6 Å². The molecule has 20 heavy (non-hydrogen) atoms. The van der Waals surface area contributed by atoms with Crippen molar-refractivity contribution >= 4 is 0 Å². The number of nitrogens with two attached hydrogens (primary N) is 1. The molecule has 0 saturated heterocycles. The number of nitrogens with one attached hydrogen (secondary N) is 1. The Morgan fingerprint density at radius 3 is 2.15 bits per heavy atom. The van der Waals surface area contributed by atoms with Crippen LogP contribution in [0.4, 0.5) is 0 Å². The van der Waals surface area contributed by atoms with Crippen LogP contribution in [0.3, 0.4) is 0 Å². The van der Waals surface area contributed by atoms with Crippen LogP contribution in [0.1, 0.15) is 74.7 Å². The van der Waals surface area contributed by atoms with Crippen LogP contribution in [0.5, 0.6) is 0 Å². The largest absolute Gasteiger partial charge is 0.362 e. The summed E-state index contributed by atoms with van der Waals surface area (Å²) in [5.74, 6) is 5.38. The predicted molar refractivity (Wildman–Crippen MR) is 82.6 cm³/mol. The van der Waals surface area contributed by atoms with Crippen LogP contribution < -0.4 is 5.73 Å². The van der Waals surface area contributed by atoms with E-state index in [4.69, 9.17) is 5.73 Å². The third-order valence-corrected chi connectivity index (χ3v) is 6.34. The molecular weight excluding hydrogens is 244 g/mol. The van der Waals surface area contributed by atoms with Crippen LogP contribution >= 0.6 is 0 Å². The molecule has 0 spiro atoms. The molecule has 0 unspecified atom stereocenters. The summed E-state index contributed by atoms with van der Waals surface area (Å²) in [4.78, 5) is 3.78. The zero-order valence-electron chi connectivity index (χ0n) is 12.9. The Labute approximate surface area is 122 Å². The van der Waals surface area contributed by atoms with Gasteiger partial charge in [0.2, 0.25) is 0 Å². The molecule has 4 saturated carbocycles. The van der Waals surface area contributed by atoms with Gasteiger partial charge in [-0.25, -0.2) is 0 Å². The van der Waals surface area contributed by atoms with Gasteiger partial charge in [-0.05, 0) is 73.3 Å². The standard InChI is InChI=1S/C18H28N2/c1-10(2)18-15(9-19)8-16(20-18)17-13-4-11-3-12(6-13)7-14(17)5-11/h8,10-14,17,20H,3-7,9,19H2,1-2H3. The second-order valence-corrected chi connectivity index (χ2v) is 7.98. The Balaban J connectivity index is 1.67. The summed E-state index contributed by atoms with van der Waals surface area (Å²) in [7, 11) is 0. The predicted octanol–water partition coefficient (Wildman–Crippen LogP) is 4.14. The number of aromatic nitrogens is 1. The lowest BCUT2D eigenvalue weighted by atomic mass is 9.51. The first-order valence-corrected chi connectivity index (χ1v) is 8.57. The quantitative estimate of drug-likeness (QED) is 0.853. The highest BCUT2D eigenvalue weighted by atomic mass is 14.8. The van der Waals surface area contributed by atoms with Crippen molar-refractivity contribution in [2.24, 2.45) is 29.4 Å². The first kappa shape index (κ1) is 12.9. The van der Waals surface area contributed by atoms with Crippen LogP contribution in [-0.2, 0) is 6.54 Å². The van der Waals surface area contributed by atoms with Crippen molar-refractivity contribution in [2.45, 2.75) is 64.3 Å². The van der Waals surface area contributed by atoms with Gasteiger partial charge in [0.05, 0.1) is 0 Å². The summed E-state index contributed by atoms with van der Waals surface area (Å²) in [6.45, 7) is 5.22. The summed E-state index contributed by atoms with van der Waals surface area (Å²) in [6.07, 6.45) is 7.50. The summed E-state index contributed by atoms with van der Waals surface area (Å²) in [5.41, 5.74) is 10.2. The van der Waals surface area contributed by atoms with Gasteiger partial charge in [0.1, 0.15) is 0 Å². The van der Waals surface area contributed by atoms with Gasteiger partial charge in [-0.2, -0.15) is 0 Å². The lowest BCUT2D eigenvalue weighted by Gasteiger charge is -2.54. The van der Waals surface area contributed by atoms with Crippen molar-refractivity contribution in [3.63, 3.8) is 0 Å². The molecule has 4 aliphatic carbocycles. The van der Waals surface area contributed by atoms with E-state index in [9.17, 15) is 0 Å². The van der Waals surface area contributed by atoms with Gasteiger partial charge in [-0.3, -0.25) is 0 Å². The molecule has 4 fully saturated rings. The fourth-order valence-electron chi connectivity index (χ4n) is 5.83. The zero-order valence-corrected chi connectivity index (χ0v) is 12.9. The minimum atomic E-state index is 0.555. The molecule has 3 N–H and O–H groups in total. The van der Waals surface area contributed by atoms with Gasteiger partial charge in [0.15, 0.2) is 0 Å². The average molecular weight is 272 g/mol. The van der Waals surface area contributed by atoms with E-state index in [1.54, 1.807) is 0 Å². The first-order valence-electron chi connectivity index (χ1n) is 8.57. The zero-order chi connectivity index (χ0) is 13.9. The molecule has 0 aromatic carbocycles. The molecule has 0 radical (unpaired) electrons. The molecule has 0 aliphatic heterocycles. The first-order chi connectivity index (χ1) is 9.65. The molecule has 1 aromatic heterocycles. The van der Waals surface area contributed by atoms with Gasteiger partial charge in [-0.1, -0.05) is 13.8 Å². The van der Waals surface area contributed by atoms with Crippen molar-refractivity contribution in [1.29, 1.82) is 0 Å². The van der Waals surface area contributed by atoms with Crippen molar-refractivity contribution in [3.05, 3.63) is 23.0 Å². The van der Waals surface area contributed by atoms with E-state index in [2.05, 4.69) is 24.9 Å². The molecule has 4 aliphatic rings. The van der Waals surface area contributed by atoms with E-state index < -0.39 is 0 Å². The van der Waals surface area contributed by atoms with Gasteiger partial charge < -0.3 is 10.7 Å². The number of hydrogen-bond acceptors (Lipinski definition) is 1. The highest BCUT2D eigenvalue weighted by Gasteiger charge is 2.49. The molecule has 5 rings (SSSR count). The van der Waals surface area contributed by atoms with E-state index >= 15 is 0 Å². The second kappa shape index (κ2) is 4.62. The molecule has 2 heteroatoms. The average Bonchev–Trinajstić information content (AvgIpc) is 2.81. The van der Waals surface area contributed by atoms with Gasteiger partial charge in [0.25, 0.3) is 0 Å². The van der Waals surface area contributed by atoms with Crippen molar-refractivity contribution in [3.8, 4) is 0 Å². The fraction of sp³-hybridized carbons (Fsp3) is 0.778. The number of rotatable bonds is 3. The SMILES string of the molecule is CC(C)c1[nH]c(C2C3CC4CC(C3)CC2C4)cc1CN. The molecule has 110 valence electrons. The van der Waals surface area contributed by atoms with E-state index in [-0.39, 0.29) is 0 Å². The van der Waals surface area contributed by atoms with Crippen LogP contribution in [0.25, 0.3) is 0 Å². The van der Waals surface area contributed by atoms with Gasteiger partial charge in [0, 0.05) is 23.9 Å². The normalized spacial score (nSPS) is 38.9. The van der Waals surface area contributed by atoms with E-state index in [1.807, 2.05) is 0 Å². The highest BCUT2D eigenvalue weighted by molar-refractivity contribution is 5.31. The molecule has 0 atom stereocenters. The number of hydrogen-bond donors (Lipinski definition) is 2. The summed E-state index contributed by atoms with van der Waals surface area (Å²) < 4.78 is 0. The van der Waals surface area contributed by atoms with E-state index in [1.165, 1.54) is 49.1 Å². The lowest BCUT2D eigenvalue weighted by molar-refractivity contribution is -0.00403. The second-order valence-electron chi connectivity index (χ2n) is 7.98. The van der Waals surface area contributed by atoms with Crippen molar-refractivity contribution in [2.75, 3.05) is 0 Å². The van der Waals surface area contributed by atoms with Crippen LogP contribution in [0, 0.1) is 23.7 Å². The van der Waals surface area contributed by atoms with Gasteiger partial charge in [-0.15, -0.1) is 0 Å². The molecule has 2 nitrogen and oxygen atoms in total. The highest BCUT2D eigenvalue weighted by Crippen LogP contribution is 2.59. The Hall–Kier alpha value is -0.760. The lowest BCUT2D eigenvalue weighted by Crippen LogP contribution is -2.43. The molecular formula is C18H28N2. The minimum Gasteiger partial charge on any atom is -0.362 e. The maximum atomic E-state index is 5.96. The smallest absolute Gasteiger partial charge is 0.0220 e.